The number of hydrogen-bond acceptors (Lipinski definition) is 3. The standard InChI is InChI=1S/C13H21N3/c1-2-5-12(4-1)15-8-3-9-16-13-6-10-14-11-7-13/h6-7,10-12,15H,1-5,8-9H2,(H,14,16). The molecule has 1 fully saturated rings. The van der Waals surface area contributed by atoms with Gasteiger partial charge < -0.3 is 10.6 Å². The van der Waals surface area contributed by atoms with Crippen LogP contribution in [-0.4, -0.2) is 24.1 Å². The first kappa shape index (κ1) is 11.4. The van der Waals surface area contributed by atoms with Crippen molar-refractivity contribution in [3.63, 3.8) is 0 Å². The molecule has 0 saturated heterocycles. The third-order valence-corrected chi connectivity index (χ3v) is 3.15. The van der Waals surface area contributed by atoms with Gasteiger partial charge in [-0.3, -0.25) is 4.98 Å². The van der Waals surface area contributed by atoms with Crippen LogP contribution in [0.2, 0.25) is 0 Å². The van der Waals surface area contributed by atoms with E-state index in [9.17, 15) is 0 Å². The smallest absolute Gasteiger partial charge is 0.0371 e. The minimum absolute atomic E-state index is 0.793. The van der Waals surface area contributed by atoms with Crippen LogP contribution in [0.3, 0.4) is 0 Å². The summed E-state index contributed by atoms with van der Waals surface area (Å²) in [4.78, 5) is 3.99. The van der Waals surface area contributed by atoms with Crippen molar-refractivity contribution in [2.75, 3.05) is 18.4 Å². The predicted octanol–water partition coefficient (Wildman–Crippen LogP) is 2.42. The van der Waals surface area contributed by atoms with E-state index in [0.29, 0.717) is 0 Å². The Bertz CT molecular complexity index is 280. The Hall–Kier alpha value is -1.09. The number of pyridine rings is 1. The molecule has 0 unspecified atom stereocenters. The number of nitrogens with one attached hydrogen (secondary N) is 2. The maximum atomic E-state index is 3.99. The predicted molar refractivity (Wildman–Crippen MR) is 67.6 cm³/mol. The van der Waals surface area contributed by atoms with Gasteiger partial charge >= 0.3 is 0 Å². The Kier molecular flexibility index (Phi) is 4.62. The molecule has 1 aliphatic rings. The summed E-state index contributed by atoms with van der Waals surface area (Å²) in [5, 5.41) is 7.01. The first-order chi connectivity index (χ1) is 7.95. The highest BCUT2D eigenvalue weighted by Crippen LogP contribution is 2.17. The van der Waals surface area contributed by atoms with E-state index in [1.165, 1.54) is 32.1 Å². The zero-order chi connectivity index (χ0) is 11.1. The van der Waals surface area contributed by atoms with Crippen LogP contribution in [0.4, 0.5) is 5.69 Å². The van der Waals surface area contributed by atoms with E-state index >= 15 is 0 Å². The summed E-state index contributed by atoms with van der Waals surface area (Å²) >= 11 is 0. The van der Waals surface area contributed by atoms with Gasteiger partial charge in [0.2, 0.25) is 0 Å². The minimum Gasteiger partial charge on any atom is -0.385 e. The molecule has 1 aliphatic carbocycles. The van der Waals surface area contributed by atoms with Crippen molar-refractivity contribution in [2.45, 2.75) is 38.1 Å². The maximum Gasteiger partial charge on any atom is 0.0371 e. The van der Waals surface area contributed by atoms with E-state index in [4.69, 9.17) is 0 Å². The fourth-order valence-corrected chi connectivity index (χ4v) is 2.23. The maximum absolute atomic E-state index is 3.99. The SMILES string of the molecule is c1cc(NCCCNC2CCCC2)ccn1. The number of aromatic nitrogens is 1. The fraction of sp³-hybridized carbons (Fsp3) is 0.615. The van der Waals surface area contributed by atoms with Crippen LogP contribution >= 0.6 is 0 Å². The van der Waals surface area contributed by atoms with Crippen molar-refractivity contribution in [2.24, 2.45) is 0 Å². The van der Waals surface area contributed by atoms with Crippen LogP contribution in [0.1, 0.15) is 32.1 Å². The van der Waals surface area contributed by atoms with Crippen molar-refractivity contribution in [1.82, 2.24) is 10.3 Å². The van der Waals surface area contributed by atoms with Gasteiger partial charge in [-0.25, -0.2) is 0 Å². The molecule has 3 heteroatoms. The highest BCUT2D eigenvalue weighted by molar-refractivity contribution is 5.40. The van der Waals surface area contributed by atoms with Crippen molar-refractivity contribution >= 4 is 5.69 Å². The van der Waals surface area contributed by atoms with Gasteiger partial charge in [0, 0.05) is 30.7 Å². The van der Waals surface area contributed by atoms with E-state index in [0.717, 1.165) is 24.8 Å². The average molecular weight is 219 g/mol. The molecule has 2 N–H and O–H groups in total. The van der Waals surface area contributed by atoms with Gasteiger partial charge in [-0.1, -0.05) is 12.8 Å². The lowest BCUT2D eigenvalue weighted by Gasteiger charge is -2.12. The molecule has 1 saturated carbocycles. The van der Waals surface area contributed by atoms with E-state index in [-0.39, 0.29) is 0 Å². The number of hydrogen-bond donors (Lipinski definition) is 2. The molecule has 0 aliphatic heterocycles. The number of rotatable bonds is 6. The molecular formula is C13H21N3. The number of anilines is 1. The molecule has 0 bridgehead atoms. The topological polar surface area (TPSA) is 37.0 Å². The van der Waals surface area contributed by atoms with Gasteiger partial charge in [0.05, 0.1) is 0 Å². The Morgan fingerprint density at radius 2 is 1.88 bits per heavy atom. The Labute approximate surface area is 97.7 Å². The second kappa shape index (κ2) is 6.48. The molecule has 0 aromatic carbocycles. The summed E-state index contributed by atoms with van der Waals surface area (Å²) in [7, 11) is 0. The largest absolute Gasteiger partial charge is 0.385 e. The molecule has 16 heavy (non-hydrogen) atoms. The molecule has 3 nitrogen and oxygen atoms in total. The third kappa shape index (κ3) is 3.81. The summed E-state index contributed by atoms with van der Waals surface area (Å²) in [6.07, 6.45) is 10.4. The number of nitrogens with zero attached hydrogens (tertiary/aromatic N) is 1. The highest BCUT2D eigenvalue weighted by atomic mass is 14.9. The van der Waals surface area contributed by atoms with Gasteiger partial charge in [-0.2, -0.15) is 0 Å². The molecular weight excluding hydrogens is 198 g/mol. The first-order valence-electron chi connectivity index (χ1n) is 6.32. The monoisotopic (exact) mass is 219 g/mol. The van der Waals surface area contributed by atoms with Crippen LogP contribution in [0, 0.1) is 0 Å². The summed E-state index contributed by atoms with van der Waals surface area (Å²) < 4.78 is 0. The zero-order valence-electron chi connectivity index (χ0n) is 9.78. The highest BCUT2D eigenvalue weighted by Gasteiger charge is 2.12. The van der Waals surface area contributed by atoms with Crippen LogP contribution in [0.25, 0.3) is 0 Å². The second-order valence-electron chi connectivity index (χ2n) is 4.45. The quantitative estimate of drug-likeness (QED) is 0.721. The van der Waals surface area contributed by atoms with Crippen molar-refractivity contribution < 1.29 is 0 Å². The molecule has 0 atom stereocenters. The molecule has 2 rings (SSSR count). The van der Waals surface area contributed by atoms with Crippen molar-refractivity contribution in [3.8, 4) is 0 Å². The molecule has 0 radical (unpaired) electrons. The Balaban J connectivity index is 1.52. The Morgan fingerprint density at radius 3 is 2.62 bits per heavy atom. The molecule has 88 valence electrons. The lowest BCUT2D eigenvalue weighted by Crippen LogP contribution is -2.28. The molecule has 0 amide bonds. The molecule has 1 aromatic rings. The summed E-state index contributed by atoms with van der Waals surface area (Å²) in [5.74, 6) is 0. The first-order valence-corrected chi connectivity index (χ1v) is 6.32. The normalized spacial score (nSPS) is 16.5. The summed E-state index contributed by atoms with van der Waals surface area (Å²) in [6, 6.07) is 4.80. The molecule has 1 heterocycles. The molecule has 1 aromatic heterocycles. The minimum atomic E-state index is 0.793. The van der Waals surface area contributed by atoms with E-state index in [1.807, 2.05) is 24.5 Å². The second-order valence-corrected chi connectivity index (χ2v) is 4.45. The van der Waals surface area contributed by atoms with E-state index in [2.05, 4.69) is 15.6 Å². The van der Waals surface area contributed by atoms with Gasteiger partial charge in [-0.05, 0) is 37.9 Å². The van der Waals surface area contributed by atoms with Gasteiger partial charge in [0.25, 0.3) is 0 Å². The van der Waals surface area contributed by atoms with Gasteiger partial charge in [0.15, 0.2) is 0 Å². The van der Waals surface area contributed by atoms with Crippen molar-refractivity contribution in [3.05, 3.63) is 24.5 Å². The lowest BCUT2D eigenvalue weighted by molar-refractivity contribution is 0.520. The van der Waals surface area contributed by atoms with Crippen LogP contribution in [0.5, 0.6) is 0 Å². The van der Waals surface area contributed by atoms with Crippen LogP contribution < -0.4 is 10.6 Å². The summed E-state index contributed by atoms with van der Waals surface area (Å²) in [6.45, 7) is 2.16. The zero-order valence-corrected chi connectivity index (χ0v) is 9.78. The summed E-state index contributed by atoms with van der Waals surface area (Å²) in [5.41, 5.74) is 1.16. The Morgan fingerprint density at radius 1 is 1.12 bits per heavy atom. The molecule has 0 spiro atoms. The van der Waals surface area contributed by atoms with E-state index in [1.54, 1.807) is 0 Å². The van der Waals surface area contributed by atoms with Gasteiger partial charge in [0.1, 0.15) is 0 Å². The van der Waals surface area contributed by atoms with Crippen molar-refractivity contribution in [1.29, 1.82) is 0 Å². The van der Waals surface area contributed by atoms with Crippen LogP contribution in [0.15, 0.2) is 24.5 Å². The van der Waals surface area contributed by atoms with Crippen LogP contribution in [-0.2, 0) is 0 Å². The van der Waals surface area contributed by atoms with Gasteiger partial charge in [-0.15, -0.1) is 0 Å². The average Bonchev–Trinajstić information content (AvgIpc) is 2.83. The third-order valence-electron chi connectivity index (χ3n) is 3.15. The lowest BCUT2D eigenvalue weighted by atomic mass is 10.2. The fourth-order valence-electron chi connectivity index (χ4n) is 2.23. The van der Waals surface area contributed by atoms with E-state index < -0.39 is 0 Å².